The summed E-state index contributed by atoms with van der Waals surface area (Å²) in [5.74, 6) is 0.419. The maximum atomic E-state index is 13.5. The SMILES string of the molecule is COc1ccc(NC(=O)C2CC3CCCN3C23C(=O)Nc2ccccc23)cc1OC. The van der Waals surface area contributed by atoms with Gasteiger partial charge in [-0.15, -0.1) is 0 Å². The number of benzene rings is 2. The first-order valence-electron chi connectivity index (χ1n) is 10.3. The number of carbonyl (C=O) groups excluding carboxylic acids is 2. The van der Waals surface area contributed by atoms with Gasteiger partial charge in [0.05, 0.1) is 20.1 Å². The normalized spacial score (nSPS) is 26.9. The van der Waals surface area contributed by atoms with E-state index >= 15 is 0 Å². The van der Waals surface area contributed by atoms with E-state index in [0.717, 1.165) is 30.6 Å². The van der Waals surface area contributed by atoms with Crippen LogP contribution in [-0.2, 0) is 15.1 Å². The van der Waals surface area contributed by atoms with Crippen LogP contribution in [0.5, 0.6) is 11.5 Å². The number of amides is 2. The monoisotopic (exact) mass is 407 g/mol. The third-order valence-corrected chi connectivity index (χ3v) is 6.74. The minimum atomic E-state index is -0.946. The number of ether oxygens (including phenoxy) is 2. The largest absolute Gasteiger partial charge is 0.493 e. The summed E-state index contributed by atoms with van der Waals surface area (Å²) in [5.41, 5.74) is 1.38. The van der Waals surface area contributed by atoms with Crippen molar-refractivity contribution in [2.45, 2.75) is 30.8 Å². The van der Waals surface area contributed by atoms with E-state index in [4.69, 9.17) is 9.47 Å². The Bertz CT molecular complexity index is 1020. The summed E-state index contributed by atoms with van der Waals surface area (Å²) < 4.78 is 10.6. The van der Waals surface area contributed by atoms with E-state index in [2.05, 4.69) is 15.5 Å². The molecule has 0 aromatic heterocycles. The molecule has 0 radical (unpaired) electrons. The Labute approximate surface area is 175 Å². The molecule has 2 saturated heterocycles. The van der Waals surface area contributed by atoms with Crippen LogP contribution in [-0.4, -0.2) is 43.5 Å². The van der Waals surface area contributed by atoms with Crippen LogP contribution in [0.3, 0.4) is 0 Å². The van der Waals surface area contributed by atoms with Gasteiger partial charge >= 0.3 is 0 Å². The summed E-state index contributed by atoms with van der Waals surface area (Å²) in [4.78, 5) is 29.2. The molecule has 3 heterocycles. The highest BCUT2D eigenvalue weighted by atomic mass is 16.5. The van der Waals surface area contributed by atoms with Crippen LogP contribution < -0.4 is 20.1 Å². The Kier molecular flexibility index (Phi) is 4.43. The number of anilines is 2. The van der Waals surface area contributed by atoms with E-state index in [1.807, 2.05) is 24.3 Å². The van der Waals surface area contributed by atoms with Crippen molar-refractivity contribution >= 4 is 23.2 Å². The number of rotatable bonds is 4. The van der Waals surface area contributed by atoms with Crippen LogP contribution in [0, 0.1) is 5.92 Å². The van der Waals surface area contributed by atoms with E-state index in [0.29, 0.717) is 23.6 Å². The molecule has 0 bridgehead atoms. The lowest BCUT2D eigenvalue weighted by atomic mass is 9.78. The molecule has 0 aliphatic carbocycles. The summed E-state index contributed by atoms with van der Waals surface area (Å²) in [6, 6.07) is 13.3. The summed E-state index contributed by atoms with van der Waals surface area (Å²) in [5, 5.41) is 6.05. The van der Waals surface area contributed by atoms with Gasteiger partial charge in [-0.2, -0.15) is 0 Å². The molecule has 3 aliphatic heterocycles. The minimum absolute atomic E-state index is 0.0967. The molecular formula is C23H25N3O4. The van der Waals surface area contributed by atoms with Crippen molar-refractivity contribution in [2.24, 2.45) is 5.92 Å². The fourth-order valence-electron chi connectivity index (χ4n) is 5.52. The maximum absolute atomic E-state index is 13.5. The van der Waals surface area contributed by atoms with Crippen LogP contribution >= 0.6 is 0 Å². The quantitative estimate of drug-likeness (QED) is 0.815. The second-order valence-corrected chi connectivity index (χ2v) is 8.10. The van der Waals surface area contributed by atoms with Gasteiger partial charge in [0.15, 0.2) is 11.5 Å². The van der Waals surface area contributed by atoms with Crippen molar-refractivity contribution in [3.05, 3.63) is 48.0 Å². The molecule has 3 aliphatic rings. The number of hydrogen-bond acceptors (Lipinski definition) is 5. The molecule has 2 amide bonds. The first kappa shape index (κ1) is 18.9. The average Bonchev–Trinajstić information content (AvgIpc) is 3.42. The number of hydrogen-bond donors (Lipinski definition) is 2. The van der Waals surface area contributed by atoms with Crippen LogP contribution in [0.15, 0.2) is 42.5 Å². The highest BCUT2D eigenvalue weighted by molar-refractivity contribution is 6.10. The molecule has 2 aromatic carbocycles. The second-order valence-electron chi connectivity index (χ2n) is 8.10. The van der Waals surface area contributed by atoms with Crippen LogP contribution in [0.4, 0.5) is 11.4 Å². The Balaban J connectivity index is 1.52. The molecule has 3 unspecified atom stereocenters. The van der Waals surface area contributed by atoms with E-state index in [1.54, 1.807) is 32.4 Å². The summed E-state index contributed by atoms with van der Waals surface area (Å²) in [6.45, 7) is 0.826. The highest BCUT2D eigenvalue weighted by Crippen LogP contribution is 2.55. The van der Waals surface area contributed by atoms with Gasteiger partial charge in [-0.25, -0.2) is 0 Å². The van der Waals surface area contributed by atoms with Gasteiger partial charge in [0, 0.05) is 29.0 Å². The predicted molar refractivity (Wildman–Crippen MR) is 113 cm³/mol. The van der Waals surface area contributed by atoms with Crippen LogP contribution in [0.25, 0.3) is 0 Å². The molecule has 1 spiro atoms. The number of para-hydroxylation sites is 1. The Hall–Kier alpha value is -3.06. The summed E-state index contributed by atoms with van der Waals surface area (Å²) >= 11 is 0. The van der Waals surface area contributed by atoms with Gasteiger partial charge in [0.1, 0.15) is 5.54 Å². The van der Waals surface area contributed by atoms with Gasteiger partial charge in [-0.05, 0) is 44.0 Å². The number of methoxy groups -OCH3 is 2. The topological polar surface area (TPSA) is 79.9 Å². The third-order valence-electron chi connectivity index (χ3n) is 6.74. The zero-order valence-corrected chi connectivity index (χ0v) is 17.1. The molecule has 5 rings (SSSR count). The standard InChI is InChI=1S/C23H25N3O4/c1-29-19-10-9-14(12-20(19)30-2)24-21(27)17-13-15-6-5-11-26(15)23(17)16-7-3-4-8-18(16)25-22(23)28/h3-4,7-10,12,15,17H,5-6,11,13H2,1-2H3,(H,24,27)(H,25,28). The van der Waals surface area contributed by atoms with Crippen molar-refractivity contribution < 1.29 is 19.1 Å². The van der Waals surface area contributed by atoms with Crippen molar-refractivity contribution in [3.63, 3.8) is 0 Å². The smallest absolute Gasteiger partial charge is 0.250 e. The van der Waals surface area contributed by atoms with Crippen molar-refractivity contribution in [3.8, 4) is 11.5 Å². The van der Waals surface area contributed by atoms with E-state index in [-0.39, 0.29) is 17.9 Å². The Morgan fingerprint density at radius 1 is 1.17 bits per heavy atom. The van der Waals surface area contributed by atoms with Gasteiger partial charge in [-0.1, -0.05) is 18.2 Å². The zero-order chi connectivity index (χ0) is 20.9. The van der Waals surface area contributed by atoms with Crippen LogP contribution in [0.2, 0.25) is 0 Å². The molecule has 7 heteroatoms. The van der Waals surface area contributed by atoms with Gasteiger partial charge < -0.3 is 20.1 Å². The van der Waals surface area contributed by atoms with Gasteiger partial charge in [0.2, 0.25) is 11.8 Å². The van der Waals surface area contributed by atoms with E-state index < -0.39 is 11.5 Å². The molecule has 7 nitrogen and oxygen atoms in total. The van der Waals surface area contributed by atoms with E-state index in [1.165, 1.54) is 0 Å². The fraction of sp³-hybridized carbons (Fsp3) is 0.391. The molecular weight excluding hydrogens is 382 g/mol. The molecule has 2 aromatic rings. The zero-order valence-electron chi connectivity index (χ0n) is 17.1. The first-order chi connectivity index (χ1) is 14.6. The number of carbonyl (C=O) groups is 2. The fourth-order valence-corrected chi connectivity index (χ4v) is 5.52. The highest BCUT2D eigenvalue weighted by Gasteiger charge is 2.65. The Morgan fingerprint density at radius 3 is 2.77 bits per heavy atom. The number of nitrogens with one attached hydrogen (secondary N) is 2. The lowest BCUT2D eigenvalue weighted by Gasteiger charge is -2.36. The summed E-state index contributed by atoms with van der Waals surface area (Å²) in [7, 11) is 3.13. The predicted octanol–water partition coefficient (Wildman–Crippen LogP) is 2.97. The first-order valence-corrected chi connectivity index (χ1v) is 10.3. The maximum Gasteiger partial charge on any atom is 0.250 e. The average molecular weight is 407 g/mol. The van der Waals surface area contributed by atoms with E-state index in [9.17, 15) is 9.59 Å². The molecule has 156 valence electrons. The summed E-state index contributed by atoms with van der Waals surface area (Å²) in [6.07, 6.45) is 2.73. The van der Waals surface area contributed by atoms with Gasteiger partial charge in [-0.3, -0.25) is 14.5 Å². The van der Waals surface area contributed by atoms with Crippen molar-refractivity contribution in [1.82, 2.24) is 4.90 Å². The number of fused-ring (bicyclic) bond motifs is 4. The Morgan fingerprint density at radius 2 is 1.97 bits per heavy atom. The molecule has 0 saturated carbocycles. The lowest BCUT2D eigenvalue weighted by Crippen LogP contribution is -2.53. The lowest BCUT2D eigenvalue weighted by molar-refractivity contribution is -0.135. The molecule has 30 heavy (non-hydrogen) atoms. The van der Waals surface area contributed by atoms with Crippen molar-refractivity contribution in [1.29, 1.82) is 0 Å². The molecule has 3 atom stereocenters. The molecule has 2 fully saturated rings. The minimum Gasteiger partial charge on any atom is -0.493 e. The number of nitrogens with zero attached hydrogens (tertiary/aromatic N) is 1. The van der Waals surface area contributed by atoms with Gasteiger partial charge in [0.25, 0.3) is 0 Å². The second kappa shape index (κ2) is 7.02. The third kappa shape index (κ3) is 2.55. The van der Waals surface area contributed by atoms with Crippen molar-refractivity contribution in [2.75, 3.05) is 31.4 Å². The van der Waals surface area contributed by atoms with Crippen LogP contribution in [0.1, 0.15) is 24.8 Å². The molecule has 2 N–H and O–H groups in total.